The largest absolute Gasteiger partial charge is 0.292 e. The van der Waals surface area contributed by atoms with E-state index in [-0.39, 0.29) is 5.78 Å². The summed E-state index contributed by atoms with van der Waals surface area (Å²) in [5.74, 6) is 0.206. The smallest absolute Gasteiger partial charge is 0.188 e. The van der Waals surface area contributed by atoms with Crippen molar-refractivity contribution in [1.29, 1.82) is 0 Å². The van der Waals surface area contributed by atoms with Gasteiger partial charge in [0.25, 0.3) is 0 Å². The highest BCUT2D eigenvalue weighted by Gasteiger charge is 2.22. The van der Waals surface area contributed by atoms with Crippen molar-refractivity contribution < 1.29 is 9.00 Å². The number of benzene rings is 1. The molecule has 0 N–H and O–H groups in total. The molecule has 0 radical (unpaired) electrons. The Kier molecular flexibility index (Phi) is 5.38. The summed E-state index contributed by atoms with van der Waals surface area (Å²) in [6, 6.07) is 10.5. The summed E-state index contributed by atoms with van der Waals surface area (Å²) < 4.78 is 12.8. The van der Waals surface area contributed by atoms with Gasteiger partial charge in [0.15, 0.2) is 5.78 Å². The van der Waals surface area contributed by atoms with Gasteiger partial charge in [-0.15, -0.1) is 11.3 Å². The Balaban J connectivity index is 2.05. The number of hydrogen-bond donors (Lipinski definition) is 0. The molecule has 2 unspecified atom stereocenters. The molecule has 106 valence electrons. The van der Waals surface area contributed by atoms with Crippen molar-refractivity contribution in [3.8, 4) is 0 Å². The molecule has 2 rings (SSSR count). The maximum Gasteiger partial charge on any atom is 0.188 e. The number of carbonyl (C=O) groups is 1. The predicted octanol–water partition coefficient (Wildman–Crippen LogP) is 4.58. The Labute approximate surface area is 134 Å². The lowest BCUT2D eigenvalue weighted by Crippen LogP contribution is -2.23. The van der Waals surface area contributed by atoms with E-state index in [1.807, 2.05) is 12.1 Å². The molecule has 2 atom stereocenters. The summed E-state index contributed by atoms with van der Waals surface area (Å²) >= 11 is 12.8. The highest BCUT2D eigenvalue weighted by Crippen LogP contribution is 2.24. The van der Waals surface area contributed by atoms with Crippen molar-refractivity contribution in [2.24, 2.45) is 0 Å². The first kappa shape index (κ1) is 15.7. The Bertz CT molecular complexity index is 635. The predicted molar refractivity (Wildman–Crippen MR) is 86.4 cm³/mol. The van der Waals surface area contributed by atoms with Gasteiger partial charge in [0, 0.05) is 21.6 Å². The number of hydrogen-bond acceptors (Lipinski definition) is 3. The normalized spacial score (nSPS) is 13.9. The number of carbonyl (C=O) groups excluding carboxylic acids is 1. The summed E-state index contributed by atoms with van der Waals surface area (Å²) in [5.41, 5.74) is 0.900. The second kappa shape index (κ2) is 6.85. The number of halogens is 2. The topological polar surface area (TPSA) is 34.1 Å². The third-order valence-corrected chi connectivity index (χ3v) is 5.92. The van der Waals surface area contributed by atoms with Crippen LogP contribution in [-0.2, 0) is 16.6 Å². The Hall–Kier alpha value is -0.680. The fourth-order valence-corrected chi connectivity index (χ4v) is 4.05. The SMILES string of the molecule is CC(C(=O)c1ccc(Cl)s1)S(=O)Cc1ccc(Cl)cc1. The van der Waals surface area contributed by atoms with E-state index in [2.05, 4.69) is 0 Å². The number of rotatable bonds is 5. The average molecular weight is 347 g/mol. The van der Waals surface area contributed by atoms with Crippen LogP contribution >= 0.6 is 34.5 Å². The van der Waals surface area contributed by atoms with Crippen molar-refractivity contribution in [2.75, 3.05) is 0 Å². The third-order valence-electron chi connectivity index (χ3n) is 2.80. The van der Waals surface area contributed by atoms with Crippen LogP contribution in [0, 0.1) is 0 Å². The minimum absolute atomic E-state index is 0.130. The van der Waals surface area contributed by atoms with E-state index >= 15 is 0 Å². The zero-order valence-electron chi connectivity index (χ0n) is 10.6. The van der Waals surface area contributed by atoms with E-state index < -0.39 is 16.0 Å². The summed E-state index contributed by atoms with van der Waals surface area (Å²) in [6.07, 6.45) is 0. The lowest BCUT2D eigenvalue weighted by atomic mass is 10.2. The van der Waals surface area contributed by atoms with Crippen LogP contribution < -0.4 is 0 Å². The Morgan fingerprint density at radius 1 is 1.20 bits per heavy atom. The summed E-state index contributed by atoms with van der Waals surface area (Å²) in [6.45, 7) is 1.68. The average Bonchev–Trinajstić information content (AvgIpc) is 2.86. The summed E-state index contributed by atoms with van der Waals surface area (Å²) in [5, 5.41) is 0.0808. The lowest BCUT2D eigenvalue weighted by molar-refractivity contribution is 0.0996. The molecule has 0 aliphatic heterocycles. The fraction of sp³-hybridized carbons (Fsp3) is 0.214. The van der Waals surface area contributed by atoms with E-state index in [1.54, 1.807) is 31.2 Å². The molecule has 0 spiro atoms. The zero-order valence-corrected chi connectivity index (χ0v) is 13.8. The van der Waals surface area contributed by atoms with Crippen molar-refractivity contribution in [3.05, 3.63) is 56.2 Å². The van der Waals surface area contributed by atoms with Crippen LogP contribution in [-0.4, -0.2) is 15.2 Å². The van der Waals surface area contributed by atoms with Gasteiger partial charge in [0.05, 0.1) is 14.5 Å². The van der Waals surface area contributed by atoms with E-state index in [0.717, 1.165) is 5.56 Å². The van der Waals surface area contributed by atoms with E-state index in [1.165, 1.54) is 11.3 Å². The molecular weight excluding hydrogens is 335 g/mol. The molecule has 2 aromatic rings. The molecule has 6 heteroatoms. The summed E-state index contributed by atoms with van der Waals surface area (Å²) in [4.78, 5) is 12.7. The van der Waals surface area contributed by atoms with Crippen LogP contribution in [0.25, 0.3) is 0 Å². The van der Waals surface area contributed by atoms with Gasteiger partial charge in [0.2, 0.25) is 0 Å². The molecular formula is C14H12Cl2O2S2. The van der Waals surface area contributed by atoms with Crippen molar-refractivity contribution in [1.82, 2.24) is 0 Å². The fourth-order valence-electron chi connectivity index (χ4n) is 1.64. The Morgan fingerprint density at radius 3 is 2.40 bits per heavy atom. The summed E-state index contributed by atoms with van der Waals surface area (Å²) in [7, 11) is -1.27. The molecule has 1 aromatic heterocycles. The van der Waals surface area contributed by atoms with Crippen LogP contribution in [0.3, 0.4) is 0 Å². The van der Waals surface area contributed by atoms with Crippen LogP contribution in [0.4, 0.5) is 0 Å². The first-order chi connectivity index (χ1) is 9.47. The highest BCUT2D eigenvalue weighted by atomic mass is 35.5. The monoisotopic (exact) mass is 346 g/mol. The molecule has 0 fully saturated rings. The second-order valence-corrected chi connectivity index (χ2v) is 8.17. The zero-order chi connectivity index (χ0) is 14.7. The minimum atomic E-state index is -1.27. The molecule has 20 heavy (non-hydrogen) atoms. The van der Waals surface area contributed by atoms with Gasteiger partial charge in [-0.2, -0.15) is 0 Å². The van der Waals surface area contributed by atoms with Gasteiger partial charge in [-0.25, -0.2) is 0 Å². The van der Waals surface area contributed by atoms with Crippen LogP contribution in [0.15, 0.2) is 36.4 Å². The molecule has 2 nitrogen and oxygen atoms in total. The molecule has 0 aliphatic carbocycles. The first-order valence-corrected chi connectivity index (χ1v) is 8.84. The lowest BCUT2D eigenvalue weighted by Gasteiger charge is -2.09. The molecule has 0 saturated carbocycles. The van der Waals surface area contributed by atoms with Crippen molar-refractivity contribution in [3.63, 3.8) is 0 Å². The molecule has 0 aliphatic rings. The minimum Gasteiger partial charge on any atom is -0.292 e. The quantitative estimate of drug-likeness (QED) is 0.742. The molecule has 0 amide bonds. The molecule has 0 saturated heterocycles. The number of Topliss-reactive ketones (excluding diaryl/α,β-unsaturated/α-hetero) is 1. The van der Waals surface area contributed by atoms with Crippen LogP contribution in [0.2, 0.25) is 9.36 Å². The van der Waals surface area contributed by atoms with Gasteiger partial charge >= 0.3 is 0 Å². The molecule has 0 bridgehead atoms. The third kappa shape index (κ3) is 3.92. The van der Waals surface area contributed by atoms with Gasteiger partial charge in [-0.1, -0.05) is 35.3 Å². The van der Waals surface area contributed by atoms with Gasteiger partial charge in [-0.05, 0) is 36.8 Å². The first-order valence-electron chi connectivity index (χ1n) is 5.88. The van der Waals surface area contributed by atoms with Crippen LogP contribution in [0.5, 0.6) is 0 Å². The van der Waals surface area contributed by atoms with Crippen molar-refractivity contribution >= 4 is 51.1 Å². The Morgan fingerprint density at radius 2 is 1.85 bits per heavy atom. The molecule has 1 aromatic carbocycles. The second-order valence-electron chi connectivity index (χ2n) is 4.26. The highest BCUT2D eigenvalue weighted by molar-refractivity contribution is 7.85. The van der Waals surface area contributed by atoms with E-state index in [0.29, 0.717) is 20.0 Å². The molecule has 1 heterocycles. The van der Waals surface area contributed by atoms with E-state index in [9.17, 15) is 9.00 Å². The number of thiophene rings is 1. The standard InChI is InChI=1S/C14H12Cl2O2S2/c1-9(14(17)12-6-7-13(16)19-12)20(18)8-10-2-4-11(15)5-3-10/h2-7,9H,8H2,1H3. The van der Waals surface area contributed by atoms with Gasteiger partial charge in [-0.3, -0.25) is 9.00 Å². The van der Waals surface area contributed by atoms with E-state index in [4.69, 9.17) is 23.2 Å². The maximum atomic E-state index is 12.2. The van der Waals surface area contributed by atoms with Gasteiger partial charge < -0.3 is 0 Å². The maximum absolute atomic E-state index is 12.2. The van der Waals surface area contributed by atoms with Gasteiger partial charge in [0.1, 0.15) is 0 Å². The van der Waals surface area contributed by atoms with Crippen LogP contribution in [0.1, 0.15) is 22.2 Å². The van der Waals surface area contributed by atoms with Crippen molar-refractivity contribution in [2.45, 2.75) is 17.9 Å². The number of ketones is 1.